The fourth-order valence-electron chi connectivity index (χ4n) is 1.83. The molecule has 0 unspecified atom stereocenters. The van der Waals surface area contributed by atoms with Crippen molar-refractivity contribution in [1.82, 2.24) is 24.3 Å². The summed E-state index contributed by atoms with van der Waals surface area (Å²) in [6.45, 7) is 2.92. The predicted octanol–water partition coefficient (Wildman–Crippen LogP) is -0.430. The Morgan fingerprint density at radius 1 is 1.45 bits per heavy atom. The van der Waals surface area contributed by atoms with E-state index in [1.807, 2.05) is 6.92 Å². The van der Waals surface area contributed by atoms with Gasteiger partial charge in [0.25, 0.3) is 0 Å². The van der Waals surface area contributed by atoms with E-state index in [1.54, 1.807) is 15.4 Å². The molecular formula is C11H17N5O3S. The van der Waals surface area contributed by atoms with E-state index in [4.69, 9.17) is 0 Å². The Balaban J connectivity index is 2.04. The maximum absolute atomic E-state index is 12.1. The molecule has 0 bridgehead atoms. The van der Waals surface area contributed by atoms with Crippen molar-refractivity contribution in [2.45, 2.75) is 31.5 Å². The number of aliphatic hydroxyl groups excluding tert-OH is 1. The lowest BCUT2D eigenvalue weighted by Gasteiger charge is -2.04. The van der Waals surface area contributed by atoms with Crippen LogP contribution >= 0.6 is 0 Å². The third-order valence-electron chi connectivity index (χ3n) is 2.88. The first-order valence-electron chi connectivity index (χ1n) is 6.20. The monoisotopic (exact) mass is 299 g/mol. The Bertz CT molecular complexity index is 626. The van der Waals surface area contributed by atoms with E-state index >= 15 is 0 Å². The van der Waals surface area contributed by atoms with Crippen LogP contribution in [0, 0.1) is 0 Å². The highest BCUT2D eigenvalue weighted by Crippen LogP contribution is 2.14. The molecule has 0 radical (unpaired) electrons. The van der Waals surface area contributed by atoms with Crippen LogP contribution in [0.25, 0.3) is 0 Å². The third kappa shape index (κ3) is 3.24. The Morgan fingerprint density at radius 2 is 2.25 bits per heavy atom. The molecule has 9 heteroatoms. The van der Waals surface area contributed by atoms with E-state index in [2.05, 4.69) is 15.0 Å². The van der Waals surface area contributed by atoms with Gasteiger partial charge in [-0.25, -0.2) is 13.1 Å². The van der Waals surface area contributed by atoms with E-state index in [-0.39, 0.29) is 18.0 Å². The lowest BCUT2D eigenvalue weighted by Crippen LogP contribution is -2.27. The van der Waals surface area contributed by atoms with Crippen LogP contribution < -0.4 is 4.72 Å². The fourth-order valence-corrected chi connectivity index (χ4v) is 2.91. The molecule has 8 nitrogen and oxygen atoms in total. The van der Waals surface area contributed by atoms with Crippen LogP contribution in [0.3, 0.4) is 0 Å². The number of hydrogen-bond donors (Lipinski definition) is 2. The van der Waals surface area contributed by atoms with Gasteiger partial charge >= 0.3 is 0 Å². The number of nitrogens with one attached hydrogen (secondary N) is 1. The van der Waals surface area contributed by atoms with Crippen molar-refractivity contribution >= 4 is 10.0 Å². The number of sulfonamides is 1. The van der Waals surface area contributed by atoms with Crippen LogP contribution in [0.5, 0.6) is 0 Å². The molecule has 2 aromatic heterocycles. The van der Waals surface area contributed by atoms with Crippen molar-refractivity contribution < 1.29 is 13.5 Å². The SMILES string of the molecule is CCn1cc(S(=O)(=O)NCCn2ccnn2)cc1CO. The summed E-state index contributed by atoms with van der Waals surface area (Å²) < 4.78 is 29.9. The summed E-state index contributed by atoms with van der Waals surface area (Å²) in [6, 6.07) is 1.47. The average Bonchev–Trinajstić information content (AvgIpc) is 3.07. The average molecular weight is 299 g/mol. The molecule has 110 valence electrons. The smallest absolute Gasteiger partial charge is 0.242 e. The topological polar surface area (TPSA) is 102 Å². The van der Waals surface area contributed by atoms with Gasteiger partial charge in [-0.15, -0.1) is 5.10 Å². The van der Waals surface area contributed by atoms with Crippen molar-refractivity contribution in [2.24, 2.45) is 0 Å². The first-order chi connectivity index (χ1) is 9.56. The molecule has 0 saturated heterocycles. The molecule has 0 spiro atoms. The van der Waals surface area contributed by atoms with Crippen LogP contribution in [0.4, 0.5) is 0 Å². The van der Waals surface area contributed by atoms with Crippen molar-refractivity contribution in [1.29, 1.82) is 0 Å². The van der Waals surface area contributed by atoms with Gasteiger partial charge in [0.05, 0.1) is 24.2 Å². The third-order valence-corrected chi connectivity index (χ3v) is 4.31. The zero-order chi connectivity index (χ0) is 14.6. The Labute approximate surface area is 117 Å². The minimum Gasteiger partial charge on any atom is -0.390 e. The van der Waals surface area contributed by atoms with Crippen LogP contribution in [0.15, 0.2) is 29.6 Å². The fraction of sp³-hybridized carbons (Fsp3) is 0.455. The van der Waals surface area contributed by atoms with E-state index in [1.165, 1.54) is 18.5 Å². The maximum atomic E-state index is 12.1. The molecule has 2 heterocycles. The van der Waals surface area contributed by atoms with Gasteiger partial charge in [-0.05, 0) is 13.0 Å². The zero-order valence-electron chi connectivity index (χ0n) is 11.1. The summed E-state index contributed by atoms with van der Waals surface area (Å²) in [5.41, 5.74) is 0.573. The second-order valence-corrected chi connectivity index (χ2v) is 5.94. The summed E-state index contributed by atoms with van der Waals surface area (Å²) in [5.74, 6) is 0. The molecule has 0 fully saturated rings. The molecule has 2 N–H and O–H groups in total. The lowest BCUT2D eigenvalue weighted by atomic mass is 10.4. The van der Waals surface area contributed by atoms with Gasteiger partial charge in [0, 0.05) is 31.2 Å². The number of aliphatic hydroxyl groups is 1. The largest absolute Gasteiger partial charge is 0.390 e. The second kappa shape index (κ2) is 6.16. The highest BCUT2D eigenvalue weighted by Gasteiger charge is 2.17. The van der Waals surface area contributed by atoms with Gasteiger partial charge in [0.15, 0.2) is 0 Å². The summed E-state index contributed by atoms with van der Waals surface area (Å²) in [6.07, 6.45) is 4.71. The first-order valence-corrected chi connectivity index (χ1v) is 7.69. The van der Waals surface area contributed by atoms with Gasteiger partial charge in [0.1, 0.15) is 0 Å². The van der Waals surface area contributed by atoms with Crippen molar-refractivity contribution in [3.8, 4) is 0 Å². The molecule has 0 atom stereocenters. The van der Waals surface area contributed by atoms with Crippen molar-refractivity contribution in [2.75, 3.05) is 6.54 Å². The van der Waals surface area contributed by atoms with E-state index in [0.29, 0.717) is 18.8 Å². The van der Waals surface area contributed by atoms with Crippen molar-refractivity contribution in [3.05, 3.63) is 30.4 Å². The Hall–Kier alpha value is -1.71. The van der Waals surface area contributed by atoms with Crippen LogP contribution in [0.1, 0.15) is 12.6 Å². The summed E-state index contributed by atoms with van der Waals surface area (Å²) in [5, 5.41) is 16.6. The summed E-state index contributed by atoms with van der Waals surface area (Å²) in [4.78, 5) is 0.155. The van der Waals surface area contributed by atoms with Crippen LogP contribution in [-0.2, 0) is 29.7 Å². The zero-order valence-corrected chi connectivity index (χ0v) is 11.9. The molecule has 2 aromatic rings. The lowest BCUT2D eigenvalue weighted by molar-refractivity contribution is 0.271. The molecular weight excluding hydrogens is 282 g/mol. The first kappa shape index (κ1) is 14.7. The van der Waals surface area contributed by atoms with Gasteiger partial charge in [-0.1, -0.05) is 5.21 Å². The van der Waals surface area contributed by atoms with E-state index in [0.717, 1.165) is 0 Å². The minimum atomic E-state index is -3.58. The van der Waals surface area contributed by atoms with E-state index < -0.39 is 10.0 Å². The van der Waals surface area contributed by atoms with Crippen LogP contribution in [0.2, 0.25) is 0 Å². The second-order valence-electron chi connectivity index (χ2n) is 4.18. The molecule has 0 aliphatic heterocycles. The molecule has 2 rings (SSSR count). The number of rotatable bonds is 7. The Morgan fingerprint density at radius 3 is 2.80 bits per heavy atom. The number of hydrogen-bond acceptors (Lipinski definition) is 5. The summed E-state index contributed by atoms with van der Waals surface area (Å²) >= 11 is 0. The Kier molecular flexibility index (Phi) is 4.53. The molecule has 0 aromatic carbocycles. The number of aromatic nitrogens is 4. The maximum Gasteiger partial charge on any atom is 0.242 e. The summed E-state index contributed by atoms with van der Waals surface area (Å²) in [7, 11) is -3.58. The van der Waals surface area contributed by atoms with Gasteiger partial charge in [-0.3, -0.25) is 4.68 Å². The normalized spacial score (nSPS) is 11.9. The molecule has 0 aliphatic rings. The highest BCUT2D eigenvalue weighted by molar-refractivity contribution is 7.89. The quantitative estimate of drug-likeness (QED) is 0.722. The highest BCUT2D eigenvalue weighted by atomic mass is 32.2. The minimum absolute atomic E-state index is 0.155. The number of aryl methyl sites for hydroxylation is 1. The molecule has 20 heavy (non-hydrogen) atoms. The van der Waals surface area contributed by atoms with Gasteiger partial charge in [-0.2, -0.15) is 0 Å². The van der Waals surface area contributed by atoms with Crippen molar-refractivity contribution in [3.63, 3.8) is 0 Å². The molecule has 0 saturated carbocycles. The van der Waals surface area contributed by atoms with Gasteiger partial charge in [0.2, 0.25) is 10.0 Å². The number of nitrogens with zero attached hydrogens (tertiary/aromatic N) is 4. The molecule has 0 amide bonds. The molecule has 0 aliphatic carbocycles. The van der Waals surface area contributed by atoms with Gasteiger partial charge < -0.3 is 9.67 Å². The predicted molar refractivity (Wildman–Crippen MR) is 71.2 cm³/mol. The standard InChI is InChI=1S/C11H17N5O3S/c1-2-15-8-11(7-10(15)9-17)20(18,19)13-4-6-16-5-3-12-14-16/h3,5,7-8,13,17H,2,4,6,9H2,1H3. The van der Waals surface area contributed by atoms with Crippen LogP contribution in [-0.4, -0.2) is 39.6 Å². The van der Waals surface area contributed by atoms with E-state index in [9.17, 15) is 13.5 Å².